The maximum Gasteiger partial charge on any atom is 0.331 e. The number of halogens is 1. The Balaban J connectivity index is 1.97. The molecule has 0 atom stereocenters. The van der Waals surface area contributed by atoms with Crippen LogP contribution >= 0.6 is 11.6 Å². The number of hydrogen-bond acceptors (Lipinski definition) is 4. The lowest BCUT2D eigenvalue weighted by atomic mass is 10.2. The van der Waals surface area contributed by atoms with Crippen LogP contribution in [0.15, 0.2) is 46.1 Å². The third-order valence-electron chi connectivity index (χ3n) is 4.37. The highest BCUT2D eigenvalue weighted by Crippen LogP contribution is 2.14. The van der Waals surface area contributed by atoms with Gasteiger partial charge in [-0.1, -0.05) is 23.7 Å². The summed E-state index contributed by atoms with van der Waals surface area (Å²) < 4.78 is 9.35. The number of benzene rings is 1. The van der Waals surface area contributed by atoms with Crippen molar-refractivity contribution in [2.75, 3.05) is 6.61 Å². The second kappa shape index (κ2) is 7.84. The molecule has 0 aliphatic carbocycles. The molecule has 2 aromatic heterocycles. The highest BCUT2D eigenvalue weighted by molar-refractivity contribution is 6.30. The van der Waals surface area contributed by atoms with E-state index >= 15 is 0 Å². The molecule has 0 fully saturated rings. The fraction of sp³-hybridized carbons (Fsp3) is 0.316. The Morgan fingerprint density at radius 3 is 2.52 bits per heavy atom. The zero-order valence-electron chi connectivity index (χ0n) is 15.1. The number of fused-ring (bicyclic) bond motifs is 1. The first kappa shape index (κ1) is 19.0. The highest BCUT2D eigenvalue weighted by atomic mass is 35.5. The first-order valence-electron chi connectivity index (χ1n) is 8.55. The third kappa shape index (κ3) is 3.98. The summed E-state index contributed by atoms with van der Waals surface area (Å²) in [5.41, 5.74) is 1.29. The van der Waals surface area contributed by atoms with E-state index < -0.39 is 0 Å². The van der Waals surface area contributed by atoms with Crippen molar-refractivity contribution in [3.63, 3.8) is 0 Å². The molecule has 1 aromatic carbocycles. The maximum absolute atomic E-state index is 13.0. The van der Waals surface area contributed by atoms with Crippen LogP contribution in [0.2, 0.25) is 5.02 Å². The standard InChI is InChI=1S/C19H20ClN3O4/c1-13(24)27-11-3-9-23-18(25)17-16(21(2)19(23)26)8-10-22(17)12-14-4-6-15(20)7-5-14/h4-8,10H,3,9,11-12H2,1-2H3. The molecule has 8 heteroatoms. The molecular formula is C19H20ClN3O4. The molecule has 3 aromatic rings. The van der Waals surface area contributed by atoms with Crippen molar-refractivity contribution < 1.29 is 9.53 Å². The number of nitrogens with zero attached hydrogens (tertiary/aromatic N) is 3. The zero-order valence-corrected chi connectivity index (χ0v) is 15.9. The number of aromatic nitrogens is 3. The molecular weight excluding hydrogens is 370 g/mol. The van der Waals surface area contributed by atoms with Gasteiger partial charge >= 0.3 is 11.7 Å². The van der Waals surface area contributed by atoms with Gasteiger partial charge in [-0.15, -0.1) is 0 Å². The van der Waals surface area contributed by atoms with E-state index in [1.807, 2.05) is 16.7 Å². The lowest BCUT2D eigenvalue weighted by Gasteiger charge is -2.11. The Hall–Kier alpha value is -2.80. The highest BCUT2D eigenvalue weighted by Gasteiger charge is 2.15. The van der Waals surface area contributed by atoms with Gasteiger partial charge in [0.25, 0.3) is 5.56 Å². The van der Waals surface area contributed by atoms with Crippen LogP contribution in [0.3, 0.4) is 0 Å². The third-order valence-corrected chi connectivity index (χ3v) is 4.62. The van der Waals surface area contributed by atoms with Gasteiger partial charge in [0.1, 0.15) is 5.52 Å². The van der Waals surface area contributed by atoms with Crippen LogP contribution in [-0.4, -0.2) is 26.3 Å². The Labute approximate surface area is 160 Å². The van der Waals surface area contributed by atoms with Gasteiger partial charge in [0.2, 0.25) is 0 Å². The molecule has 27 heavy (non-hydrogen) atoms. The van der Waals surface area contributed by atoms with E-state index in [9.17, 15) is 14.4 Å². The molecule has 0 amide bonds. The topological polar surface area (TPSA) is 75.2 Å². The summed E-state index contributed by atoms with van der Waals surface area (Å²) in [6.45, 7) is 2.15. The minimum absolute atomic E-state index is 0.161. The monoisotopic (exact) mass is 389 g/mol. The minimum Gasteiger partial charge on any atom is -0.466 e. The second-order valence-corrected chi connectivity index (χ2v) is 6.73. The lowest BCUT2D eigenvalue weighted by molar-refractivity contribution is -0.141. The minimum atomic E-state index is -0.389. The second-order valence-electron chi connectivity index (χ2n) is 6.30. The number of rotatable bonds is 6. The number of ether oxygens (including phenoxy) is 1. The van der Waals surface area contributed by atoms with E-state index in [1.165, 1.54) is 16.1 Å². The van der Waals surface area contributed by atoms with Crippen LogP contribution in [0.4, 0.5) is 0 Å². The predicted octanol–water partition coefficient (Wildman–Crippen LogP) is 2.16. The van der Waals surface area contributed by atoms with Crippen LogP contribution in [0.25, 0.3) is 11.0 Å². The van der Waals surface area contributed by atoms with Crippen LogP contribution in [-0.2, 0) is 29.7 Å². The molecule has 0 aliphatic rings. The molecule has 3 rings (SSSR count). The van der Waals surface area contributed by atoms with Gasteiger partial charge in [-0.25, -0.2) is 4.79 Å². The fourth-order valence-corrected chi connectivity index (χ4v) is 3.14. The van der Waals surface area contributed by atoms with E-state index in [1.54, 1.807) is 31.4 Å². The van der Waals surface area contributed by atoms with Gasteiger partial charge in [-0.3, -0.25) is 18.7 Å². The largest absolute Gasteiger partial charge is 0.466 e. The number of carbonyl (C=O) groups is 1. The van der Waals surface area contributed by atoms with Crippen molar-refractivity contribution >= 4 is 28.6 Å². The SMILES string of the molecule is CC(=O)OCCCn1c(=O)c2c(ccn2Cc2ccc(Cl)cc2)n(C)c1=O. The average molecular weight is 390 g/mol. The van der Waals surface area contributed by atoms with Gasteiger partial charge in [0.15, 0.2) is 0 Å². The van der Waals surface area contributed by atoms with Gasteiger partial charge < -0.3 is 9.30 Å². The normalized spacial score (nSPS) is 11.1. The molecule has 0 unspecified atom stereocenters. The number of carbonyl (C=O) groups excluding carboxylic acids is 1. The molecule has 142 valence electrons. The average Bonchev–Trinajstić information content (AvgIpc) is 3.05. The van der Waals surface area contributed by atoms with Crippen molar-refractivity contribution in [1.82, 2.24) is 13.7 Å². The van der Waals surface area contributed by atoms with Crippen LogP contribution in [0.1, 0.15) is 18.9 Å². The van der Waals surface area contributed by atoms with Crippen molar-refractivity contribution in [1.29, 1.82) is 0 Å². The first-order chi connectivity index (χ1) is 12.9. The number of esters is 1. The quantitative estimate of drug-likeness (QED) is 0.478. The van der Waals surface area contributed by atoms with Gasteiger partial charge in [0.05, 0.1) is 12.1 Å². The molecule has 0 bridgehead atoms. The first-order valence-corrected chi connectivity index (χ1v) is 8.92. The summed E-state index contributed by atoms with van der Waals surface area (Å²) in [5.74, 6) is -0.387. The molecule has 7 nitrogen and oxygen atoms in total. The maximum atomic E-state index is 13.0. The Kier molecular flexibility index (Phi) is 5.51. The predicted molar refractivity (Wildman–Crippen MR) is 103 cm³/mol. The van der Waals surface area contributed by atoms with Gasteiger partial charge in [-0.2, -0.15) is 0 Å². The molecule has 0 saturated heterocycles. The summed E-state index contributed by atoms with van der Waals surface area (Å²) in [6.07, 6.45) is 2.18. The fourth-order valence-electron chi connectivity index (χ4n) is 3.02. The summed E-state index contributed by atoms with van der Waals surface area (Å²) in [5, 5.41) is 0.647. The smallest absolute Gasteiger partial charge is 0.331 e. The zero-order chi connectivity index (χ0) is 19.6. The molecule has 0 aliphatic heterocycles. The van der Waals surface area contributed by atoms with Crippen LogP contribution in [0.5, 0.6) is 0 Å². The summed E-state index contributed by atoms with van der Waals surface area (Å²) >= 11 is 5.92. The molecule has 0 N–H and O–H groups in total. The van der Waals surface area contributed by atoms with Gasteiger partial charge in [0, 0.05) is 38.3 Å². The molecule has 0 saturated carbocycles. The number of hydrogen-bond donors (Lipinski definition) is 0. The Bertz CT molecular complexity index is 1090. The summed E-state index contributed by atoms with van der Waals surface area (Å²) in [4.78, 5) is 36.3. The van der Waals surface area contributed by atoms with Crippen molar-refractivity contribution in [3.8, 4) is 0 Å². The number of aryl methyl sites for hydroxylation is 1. The van der Waals surface area contributed by atoms with E-state index in [0.717, 1.165) is 5.56 Å². The Morgan fingerprint density at radius 1 is 1.15 bits per heavy atom. The van der Waals surface area contributed by atoms with Gasteiger partial charge in [-0.05, 0) is 30.2 Å². The van der Waals surface area contributed by atoms with Crippen molar-refractivity contribution in [2.24, 2.45) is 7.05 Å². The van der Waals surface area contributed by atoms with Crippen molar-refractivity contribution in [3.05, 3.63) is 68.0 Å². The molecule has 0 radical (unpaired) electrons. The Morgan fingerprint density at radius 2 is 1.85 bits per heavy atom. The van der Waals surface area contributed by atoms with E-state index in [-0.39, 0.29) is 30.4 Å². The van der Waals surface area contributed by atoms with E-state index in [0.29, 0.717) is 29.0 Å². The van der Waals surface area contributed by atoms with Crippen LogP contribution < -0.4 is 11.2 Å². The lowest BCUT2D eigenvalue weighted by Crippen LogP contribution is -2.39. The van der Waals surface area contributed by atoms with E-state index in [2.05, 4.69) is 0 Å². The summed E-state index contributed by atoms with van der Waals surface area (Å²) in [7, 11) is 1.64. The van der Waals surface area contributed by atoms with Crippen molar-refractivity contribution in [2.45, 2.75) is 26.4 Å². The molecule has 2 heterocycles. The summed E-state index contributed by atoms with van der Waals surface area (Å²) in [6, 6.07) is 9.15. The molecule has 0 spiro atoms. The van der Waals surface area contributed by atoms with Crippen LogP contribution in [0, 0.1) is 0 Å². The van der Waals surface area contributed by atoms with E-state index in [4.69, 9.17) is 16.3 Å².